The maximum absolute atomic E-state index is 12.5. The molecule has 32 heavy (non-hydrogen) atoms. The number of nitrogens with zero attached hydrogens (tertiary/aromatic N) is 2. The van der Waals surface area contributed by atoms with Gasteiger partial charge in [0, 0.05) is 32.4 Å². The highest BCUT2D eigenvalue weighted by molar-refractivity contribution is 5.92. The maximum atomic E-state index is 12.5. The zero-order valence-corrected chi connectivity index (χ0v) is 18.2. The molecular formula is C23H27N5O4. The van der Waals surface area contributed by atoms with E-state index >= 15 is 0 Å². The van der Waals surface area contributed by atoms with E-state index in [-0.39, 0.29) is 29.5 Å². The molecule has 0 aliphatic heterocycles. The molecule has 3 aromatic rings. The van der Waals surface area contributed by atoms with Crippen molar-refractivity contribution in [2.75, 3.05) is 19.4 Å². The van der Waals surface area contributed by atoms with Gasteiger partial charge in [0.15, 0.2) is 5.58 Å². The fourth-order valence-corrected chi connectivity index (χ4v) is 4.05. The molecule has 2 amide bonds. The van der Waals surface area contributed by atoms with Crippen molar-refractivity contribution in [3.05, 3.63) is 42.2 Å². The first-order chi connectivity index (χ1) is 15.6. The molecule has 1 fully saturated rings. The van der Waals surface area contributed by atoms with E-state index in [1.54, 1.807) is 44.4 Å². The second-order valence-electron chi connectivity index (χ2n) is 7.84. The molecule has 4 rings (SSSR count). The molecular weight excluding hydrogens is 410 g/mol. The van der Waals surface area contributed by atoms with Gasteiger partial charge in [-0.15, -0.1) is 0 Å². The Morgan fingerprint density at radius 1 is 1.06 bits per heavy atom. The summed E-state index contributed by atoms with van der Waals surface area (Å²) in [7, 11) is 3.19. The summed E-state index contributed by atoms with van der Waals surface area (Å²) in [5.41, 5.74) is 1.45. The van der Waals surface area contributed by atoms with Crippen LogP contribution in [-0.4, -0.2) is 41.9 Å². The van der Waals surface area contributed by atoms with Crippen LogP contribution in [0.2, 0.25) is 0 Å². The normalized spacial score (nSPS) is 15.2. The Morgan fingerprint density at radius 3 is 2.59 bits per heavy atom. The number of likely N-dealkylation sites (N-methyl/N-ethyl adjacent to an activating group) is 1. The Kier molecular flexibility index (Phi) is 6.53. The third-order valence-corrected chi connectivity index (χ3v) is 5.72. The largest absolute Gasteiger partial charge is 0.457 e. The Bertz CT molecular complexity index is 1110. The summed E-state index contributed by atoms with van der Waals surface area (Å²) in [6.45, 7) is 0. The third-order valence-electron chi connectivity index (χ3n) is 5.72. The van der Waals surface area contributed by atoms with Gasteiger partial charge < -0.3 is 25.1 Å². The Hall–Kier alpha value is -3.62. The van der Waals surface area contributed by atoms with Crippen molar-refractivity contribution in [1.29, 1.82) is 0 Å². The van der Waals surface area contributed by atoms with Crippen molar-refractivity contribution in [3.8, 4) is 11.5 Å². The Morgan fingerprint density at radius 2 is 1.84 bits per heavy atom. The van der Waals surface area contributed by atoms with Gasteiger partial charge in [-0.2, -0.15) is 4.98 Å². The number of hydrogen-bond acceptors (Lipinski definition) is 7. The van der Waals surface area contributed by atoms with Crippen LogP contribution in [-0.2, 0) is 4.79 Å². The first kappa shape index (κ1) is 21.6. The van der Waals surface area contributed by atoms with Gasteiger partial charge in [0.05, 0.1) is 0 Å². The second kappa shape index (κ2) is 9.67. The van der Waals surface area contributed by atoms with Gasteiger partial charge in [-0.3, -0.25) is 14.6 Å². The van der Waals surface area contributed by atoms with Crippen LogP contribution in [0.15, 0.2) is 40.9 Å². The highest BCUT2D eigenvalue weighted by atomic mass is 16.5. The van der Waals surface area contributed by atoms with Gasteiger partial charge >= 0.3 is 0 Å². The van der Waals surface area contributed by atoms with Crippen molar-refractivity contribution in [1.82, 2.24) is 20.6 Å². The molecule has 0 radical (unpaired) electrons. The molecule has 1 aromatic carbocycles. The van der Waals surface area contributed by atoms with E-state index in [1.165, 1.54) is 12.6 Å². The molecule has 9 heteroatoms. The summed E-state index contributed by atoms with van der Waals surface area (Å²) >= 11 is 0. The molecule has 1 aliphatic carbocycles. The van der Waals surface area contributed by atoms with E-state index in [9.17, 15) is 9.59 Å². The summed E-state index contributed by atoms with van der Waals surface area (Å²) in [6.07, 6.45) is 7.00. The first-order valence-electron chi connectivity index (χ1n) is 10.8. The second-order valence-corrected chi connectivity index (χ2v) is 7.84. The van der Waals surface area contributed by atoms with E-state index in [1.807, 2.05) is 0 Å². The number of hydrogen-bond donors (Lipinski definition) is 3. The minimum atomic E-state index is -0.385. The predicted molar refractivity (Wildman–Crippen MR) is 120 cm³/mol. The van der Waals surface area contributed by atoms with E-state index in [2.05, 4.69) is 25.9 Å². The monoisotopic (exact) mass is 437 g/mol. The third kappa shape index (κ3) is 4.82. The molecule has 0 bridgehead atoms. The fourth-order valence-electron chi connectivity index (χ4n) is 4.05. The van der Waals surface area contributed by atoms with E-state index in [0.29, 0.717) is 28.6 Å². The average molecular weight is 438 g/mol. The van der Waals surface area contributed by atoms with E-state index < -0.39 is 0 Å². The van der Waals surface area contributed by atoms with Crippen molar-refractivity contribution in [2.45, 2.75) is 38.1 Å². The summed E-state index contributed by atoms with van der Waals surface area (Å²) in [4.78, 5) is 32.8. The van der Waals surface area contributed by atoms with E-state index in [4.69, 9.17) is 9.15 Å². The Labute approximate surface area is 185 Å². The number of anilines is 1. The van der Waals surface area contributed by atoms with Gasteiger partial charge in [0.1, 0.15) is 28.8 Å². The van der Waals surface area contributed by atoms with Crippen molar-refractivity contribution < 1.29 is 18.7 Å². The summed E-state index contributed by atoms with van der Waals surface area (Å²) in [5, 5.41) is 8.48. The zero-order chi connectivity index (χ0) is 22.5. The molecule has 2 aromatic heterocycles. The van der Waals surface area contributed by atoms with Gasteiger partial charge in [-0.25, -0.2) is 0 Å². The molecule has 1 unspecified atom stereocenters. The van der Waals surface area contributed by atoms with Gasteiger partial charge in [0.25, 0.3) is 11.9 Å². The summed E-state index contributed by atoms with van der Waals surface area (Å²) in [6, 6.07) is 8.44. The lowest BCUT2D eigenvalue weighted by atomic mass is 9.83. The number of benzene rings is 1. The minimum Gasteiger partial charge on any atom is -0.457 e. The number of amides is 2. The van der Waals surface area contributed by atoms with Crippen LogP contribution in [0.3, 0.4) is 0 Å². The molecule has 3 N–H and O–H groups in total. The smallest absolute Gasteiger partial charge is 0.296 e. The number of nitrogens with one attached hydrogen (secondary N) is 3. The number of carbonyl (C=O) groups excluding carboxylic acids is 2. The number of rotatable bonds is 7. The number of aromatic nitrogens is 2. The maximum Gasteiger partial charge on any atom is 0.296 e. The average Bonchev–Trinajstić information content (AvgIpc) is 3.24. The van der Waals surface area contributed by atoms with Crippen LogP contribution in [0.4, 0.5) is 6.01 Å². The van der Waals surface area contributed by atoms with Crippen LogP contribution in [0.1, 0.15) is 42.6 Å². The number of fused-ring (bicyclic) bond motifs is 1. The molecule has 9 nitrogen and oxygen atoms in total. The van der Waals surface area contributed by atoms with Crippen molar-refractivity contribution in [2.24, 2.45) is 5.92 Å². The van der Waals surface area contributed by atoms with Crippen LogP contribution in [0.25, 0.3) is 11.1 Å². The Balaban J connectivity index is 1.52. The zero-order valence-electron chi connectivity index (χ0n) is 18.2. The summed E-state index contributed by atoms with van der Waals surface area (Å²) in [5.74, 6) is 0.907. The fraction of sp³-hybridized carbons (Fsp3) is 0.391. The SMILES string of the molecule is CNC(=O)c1cc(Oc2ccc3nc(NC(C(=O)NC)C4CCCCC4)oc3c2)ccn1. The lowest BCUT2D eigenvalue weighted by molar-refractivity contribution is -0.122. The number of ether oxygens (including phenoxy) is 1. The number of pyridine rings is 1. The molecule has 0 saturated heterocycles. The molecule has 168 valence electrons. The first-order valence-corrected chi connectivity index (χ1v) is 10.8. The molecule has 0 spiro atoms. The van der Waals surface area contributed by atoms with Gasteiger partial charge in [0.2, 0.25) is 5.91 Å². The number of oxazole rings is 1. The standard InChI is InChI=1S/C23H27N5O4/c1-24-21(29)18-12-16(10-11-26-18)31-15-8-9-17-19(13-15)32-23(27-17)28-20(22(30)25-2)14-6-4-3-5-7-14/h8-14,20H,3-7H2,1-2H3,(H,24,29)(H,25,30)(H,27,28). The predicted octanol–water partition coefficient (Wildman–Crippen LogP) is 3.48. The van der Waals surface area contributed by atoms with Crippen LogP contribution < -0.4 is 20.7 Å². The molecule has 1 saturated carbocycles. The van der Waals surface area contributed by atoms with Crippen molar-refractivity contribution in [3.63, 3.8) is 0 Å². The molecule has 1 atom stereocenters. The highest BCUT2D eigenvalue weighted by Gasteiger charge is 2.30. The van der Waals surface area contributed by atoms with Crippen LogP contribution >= 0.6 is 0 Å². The lowest BCUT2D eigenvalue weighted by Crippen LogP contribution is -2.44. The van der Waals surface area contributed by atoms with E-state index in [0.717, 1.165) is 25.7 Å². The van der Waals surface area contributed by atoms with Gasteiger partial charge in [-0.1, -0.05) is 19.3 Å². The lowest BCUT2D eigenvalue weighted by Gasteiger charge is -2.29. The molecule has 1 aliphatic rings. The highest BCUT2D eigenvalue weighted by Crippen LogP contribution is 2.31. The quantitative estimate of drug-likeness (QED) is 0.518. The minimum absolute atomic E-state index is 0.0622. The van der Waals surface area contributed by atoms with Crippen LogP contribution in [0.5, 0.6) is 11.5 Å². The van der Waals surface area contributed by atoms with Gasteiger partial charge in [-0.05, 0) is 37.0 Å². The van der Waals surface area contributed by atoms with Crippen molar-refractivity contribution >= 4 is 28.9 Å². The topological polar surface area (TPSA) is 118 Å². The molecule has 2 heterocycles. The summed E-state index contributed by atoms with van der Waals surface area (Å²) < 4.78 is 11.8. The van der Waals surface area contributed by atoms with Crippen LogP contribution in [0, 0.1) is 5.92 Å². The number of carbonyl (C=O) groups is 2.